The standard InChI is InChI=1S/C28H56O6/c1-5-6-7-8-9-10-11-12-13-14-15-16-17-19-30-21-23-32-25-26-33-24-22-31-20-18-27(29)34-28(2,3)4/h5-26H2,1-4H3. The second kappa shape index (κ2) is 25.4. The number of rotatable bonds is 26. The summed E-state index contributed by atoms with van der Waals surface area (Å²) in [4.78, 5) is 11.5. The number of ether oxygens (including phenoxy) is 5. The van der Waals surface area contributed by atoms with E-state index in [1.807, 2.05) is 20.8 Å². The molecule has 6 heteroatoms. The molecule has 0 aliphatic heterocycles. The summed E-state index contributed by atoms with van der Waals surface area (Å²) in [6, 6.07) is 0. The normalized spacial score (nSPS) is 11.8. The van der Waals surface area contributed by atoms with Gasteiger partial charge in [-0.05, 0) is 27.2 Å². The highest BCUT2D eigenvalue weighted by atomic mass is 16.6. The molecular formula is C28H56O6. The lowest BCUT2D eigenvalue weighted by atomic mass is 10.0. The van der Waals surface area contributed by atoms with Crippen molar-refractivity contribution >= 4 is 5.97 Å². The summed E-state index contributed by atoms with van der Waals surface area (Å²) in [5.74, 6) is -0.238. The van der Waals surface area contributed by atoms with Crippen LogP contribution in [-0.4, -0.2) is 64.4 Å². The van der Waals surface area contributed by atoms with E-state index in [4.69, 9.17) is 23.7 Å². The van der Waals surface area contributed by atoms with Crippen molar-refractivity contribution in [3.05, 3.63) is 0 Å². The van der Waals surface area contributed by atoms with Gasteiger partial charge in [-0.2, -0.15) is 0 Å². The minimum Gasteiger partial charge on any atom is -0.460 e. The molecule has 0 amide bonds. The Bertz CT molecular complexity index is 422. The number of carbonyl (C=O) groups excluding carboxylic acids is 1. The van der Waals surface area contributed by atoms with E-state index in [1.54, 1.807) is 0 Å². The number of hydrogen-bond donors (Lipinski definition) is 0. The highest BCUT2D eigenvalue weighted by Crippen LogP contribution is 2.12. The van der Waals surface area contributed by atoms with Gasteiger partial charge in [-0.25, -0.2) is 0 Å². The van der Waals surface area contributed by atoms with E-state index in [9.17, 15) is 4.79 Å². The number of esters is 1. The minimum atomic E-state index is -0.447. The molecule has 0 unspecified atom stereocenters. The maximum Gasteiger partial charge on any atom is 0.308 e. The van der Waals surface area contributed by atoms with E-state index in [2.05, 4.69) is 6.92 Å². The maximum absolute atomic E-state index is 11.5. The SMILES string of the molecule is CCCCCCCCCCCCCCCOCCOCCOCCOCCC(=O)OC(C)(C)C. The third-order valence-electron chi connectivity index (χ3n) is 5.38. The first-order chi connectivity index (χ1) is 16.5. The molecule has 0 rings (SSSR count). The highest BCUT2D eigenvalue weighted by Gasteiger charge is 2.15. The molecule has 0 aromatic heterocycles. The van der Waals surface area contributed by atoms with Crippen molar-refractivity contribution in [2.45, 2.75) is 123 Å². The van der Waals surface area contributed by atoms with Gasteiger partial charge in [0.15, 0.2) is 0 Å². The van der Waals surface area contributed by atoms with Gasteiger partial charge in [-0.1, -0.05) is 84.0 Å². The van der Waals surface area contributed by atoms with Crippen LogP contribution in [0.15, 0.2) is 0 Å². The van der Waals surface area contributed by atoms with Crippen LogP contribution in [0.25, 0.3) is 0 Å². The Morgan fingerprint density at radius 3 is 1.26 bits per heavy atom. The van der Waals surface area contributed by atoms with Gasteiger partial charge in [0.25, 0.3) is 0 Å². The quantitative estimate of drug-likeness (QED) is 0.0977. The van der Waals surface area contributed by atoms with Gasteiger partial charge in [0.1, 0.15) is 5.60 Å². The highest BCUT2D eigenvalue weighted by molar-refractivity contribution is 5.69. The monoisotopic (exact) mass is 488 g/mol. The average Bonchev–Trinajstić information content (AvgIpc) is 2.78. The summed E-state index contributed by atoms with van der Waals surface area (Å²) >= 11 is 0. The van der Waals surface area contributed by atoms with Crippen molar-refractivity contribution in [1.29, 1.82) is 0 Å². The van der Waals surface area contributed by atoms with E-state index < -0.39 is 5.60 Å². The molecule has 0 aromatic carbocycles. The van der Waals surface area contributed by atoms with E-state index in [-0.39, 0.29) is 12.4 Å². The molecule has 0 saturated heterocycles. The van der Waals surface area contributed by atoms with Crippen LogP contribution in [0, 0.1) is 0 Å². The molecule has 34 heavy (non-hydrogen) atoms. The van der Waals surface area contributed by atoms with Crippen molar-refractivity contribution in [3.8, 4) is 0 Å². The zero-order chi connectivity index (χ0) is 25.2. The number of carbonyl (C=O) groups is 1. The van der Waals surface area contributed by atoms with Crippen LogP contribution in [0.4, 0.5) is 0 Å². The van der Waals surface area contributed by atoms with Crippen molar-refractivity contribution in [1.82, 2.24) is 0 Å². The molecule has 0 saturated carbocycles. The molecule has 0 fully saturated rings. The first-order valence-electron chi connectivity index (χ1n) is 14.0. The Labute approximate surface area is 210 Å². The molecule has 0 radical (unpaired) electrons. The molecule has 204 valence electrons. The Morgan fingerprint density at radius 2 is 0.853 bits per heavy atom. The van der Waals surface area contributed by atoms with Crippen LogP contribution in [-0.2, 0) is 28.5 Å². The molecule has 0 heterocycles. The summed E-state index contributed by atoms with van der Waals surface area (Å²) in [6.07, 6.45) is 18.1. The molecule has 0 aromatic rings. The lowest BCUT2D eigenvalue weighted by Gasteiger charge is -2.19. The second-order valence-electron chi connectivity index (χ2n) is 10.0. The van der Waals surface area contributed by atoms with Gasteiger partial charge in [0, 0.05) is 6.61 Å². The topological polar surface area (TPSA) is 63.2 Å². The molecule has 0 N–H and O–H groups in total. The fraction of sp³-hybridized carbons (Fsp3) is 0.964. The summed E-state index contributed by atoms with van der Waals surface area (Å²) < 4.78 is 27.2. The Balaban J connectivity index is 3.10. The van der Waals surface area contributed by atoms with Crippen LogP contribution in [0.5, 0.6) is 0 Å². The van der Waals surface area contributed by atoms with Gasteiger partial charge in [0.05, 0.1) is 52.7 Å². The molecule has 0 spiro atoms. The van der Waals surface area contributed by atoms with Crippen molar-refractivity contribution < 1.29 is 28.5 Å². The first kappa shape index (κ1) is 33.3. The van der Waals surface area contributed by atoms with E-state index in [1.165, 1.54) is 77.0 Å². The van der Waals surface area contributed by atoms with Crippen LogP contribution in [0.2, 0.25) is 0 Å². The lowest BCUT2D eigenvalue weighted by molar-refractivity contribution is -0.156. The average molecular weight is 489 g/mol. The second-order valence-corrected chi connectivity index (χ2v) is 10.0. The first-order valence-corrected chi connectivity index (χ1v) is 14.0. The third-order valence-corrected chi connectivity index (χ3v) is 5.38. The molecule has 0 bridgehead atoms. The molecule has 6 nitrogen and oxygen atoms in total. The Kier molecular flexibility index (Phi) is 24.9. The summed E-state index contributed by atoms with van der Waals surface area (Å²) in [5.41, 5.74) is -0.447. The van der Waals surface area contributed by atoms with Crippen LogP contribution in [0.1, 0.15) is 118 Å². The Hall–Kier alpha value is -0.690. The zero-order valence-corrected chi connectivity index (χ0v) is 23.0. The zero-order valence-electron chi connectivity index (χ0n) is 23.0. The molecular weight excluding hydrogens is 432 g/mol. The van der Waals surface area contributed by atoms with Gasteiger partial charge >= 0.3 is 5.97 Å². The summed E-state index contributed by atoms with van der Waals surface area (Å²) in [5, 5.41) is 0. The van der Waals surface area contributed by atoms with Crippen molar-refractivity contribution in [3.63, 3.8) is 0 Å². The largest absolute Gasteiger partial charge is 0.460 e. The van der Waals surface area contributed by atoms with E-state index in [0.29, 0.717) is 46.2 Å². The number of unbranched alkanes of at least 4 members (excludes halogenated alkanes) is 12. The summed E-state index contributed by atoms with van der Waals surface area (Å²) in [6.45, 7) is 12.3. The minimum absolute atomic E-state index is 0.238. The van der Waals surface area contributed by atoms with Crippen molar-refractivity contribution in [2.75, 3.05) is 52.9 Å². The summed E-state index contributed by atoms with van der Waals surface area (Å²) in [7, 11) is 0. The fourth-order valence-electron chi connectivity index (χ4n) is 3.53. The van der Waals surface area contributed by atoms with Crippen LogP contribution < -0.4 is 0 Å². The predicted octanol–water partition coefficient (Wildman–Crippen LogP) is 6.88. The van der Waals surface area contributed by atoms with Crippen LogP contribution in [0.3, 0.4) is 0 Å². The third kappa shape index (κ3) is 29.3. The van der Waals surface area contributed by atoms with E-state index >= 15 is 0 Å². The van der Waals surface area contributed by atoms with Crippen molar-refractivity contribution in [2.24, 2.45) is 0 Å². The molecule has 0 aliphatic carbocycles. The van der Waals surface area contributed by atoms with Gasteiger partial charge in [-0.3, -0.25) is 4.79 Å². The van der Waals surface area contributed by atoms with Gasteiger partial charge in [0.2, 0.25) is 0 Å². The predicted molar refractivity (Wildman–Crippen MR) is 139 cm³/mol. The fourth-order valence-corrected chi connectivity index (χ4v) is 3.53. The molecule has 0 aliphatic rings. The maximum atomic E-state index is 11.5. The lowest BCUT2D eigenvalue weighted by Crippen LogP contribution is -2.24. The Morgan fingerprint density at radius 1 is 0.500 bits per heavy atom. The number of hydrogen-bond acceptors (Lipinski definition) is 6. The molecule has 0 atom stereocenters. The van der Waals surface area contributed by atoms with Gasteiger partial charge < -0.3 is 23.7 Å². The smallest absolute Gasteiger partial charge is 0.308 e. The van der Waals surface area contributed by atoms with Gasteiger partial charge in [-0.15, -0.1) is 0 Å². The van der Waals surface area contributed by atoms with Crippen LogP contribution >= 0.6 is 0 Å². The van der Waals surface area contributed by atoms with E-state index in [0.717, 1.165) is 13.0 Å².